The Kier molecular flexibility index (Phi) is 5.39. The topological polar surface area (TPSA) is 124 Å². The van der Waals surface area contributed by atoms with Crippen LogP contribution in [0.5, 0.6) is 0 Å². The van der Waals surface area contributed by atoms with Gasteiger partial charge in [-0.15, -0.1) is 0 Å². The van der Waals surface area contributed by atoms with Gasteiger partial charge in [0, 0.05) is 21.1 Å². The van der Waals surface area contributed by atoms with E-state index in [9.17, 15) is 23.4 Å². The SMILES string of the molecule is [2H]C([2H])(NC(=O)CC[C@@H](C)[C@H]1CCC2C3C(O)[C@H](CC)[C@@H]4C([2H])([2H])[C@@]([2H])(O)C([2H])([2H])C[C@]4(C)C3CC[C@@]21C)C([2H])([2H])S(=O)(=O)O. The highest BCUT2D eigenvalue weighted by molar-refractivity contribution is 7.85. The van der Waals surface area contributed by atoms with Crippen LogP contribution in [-0.2, 0) is 14.9 Å². The van der Waals surface area contributed by atoms with Gasteiger partial charge in [-0.05, 0) is 104 Å². The fourth-order valence-electron chi connectivity index (χ4n) is 8.86. The first-order chi connectivity index (χ1) is 20.2. The Morgan fingerprint density at radius 1 is 1.17 bits per heavy atom. The fourth-order valence-corrected chi connectivity index (χ4v) is 9.04. The molecule has 0 heterocycles. The van der Waals surface area contributed by atoms with E-state index in [2.05, 4.69) is 6.92 Å². The molecule has 4 rings (SSSR count). The highest BCUT2D eigenvalue weighted by Crippen LogP contribution is 2.69. The number of amides is 1. The van der Waals surface area contributed by atoms with Gasteiger partial charge in [0.2, 0.25) is 5.91 Å². The molecule has 0 saturated heterocycles. The number of rotatable bonds is 8. The molecule has 0 spiro atoms. The predicted octanol–water partition coefficient (Wildman–Crippen LogP) is 4.03. The van der Waals surface area contributed by atoms with Crippen molar-refractivity contribution in [3.8, 4) is 0 Å². The Morgan fingerprint density at radius 3 is 2.53 bits per heavy atom. The van der Waals surface area contributed by atoms with E-state index in [0.29, 0.717) is 19.3 Å². The summed E-state index contributed by atoms with van der Waals surface area (Å²) in [6.45, 7) is 4.52. The van der Waals surface area contributed by atoms with E-state index in [1.165, 1.54) is 0 Å². The van der Waals surface area contributed by atoms with Crippen molar-refractivity contribution >= 4 is 16.0 Å². The van der Waals surface area contributed by atoms with Crippen LogP contribution in [0.25, 0.3) is 0 Å². The molecular weight excluding hydrogens is 478 g/mol. The van der Waals surface area contributed by atoms with E-state index in [0.717, 1.165) is 19.3 Å². The summed E-state index contributed by atoms with van der Waals surface area (Å²) in [4.78, 5) is 12.6. The average Bonchev–Trinajstić information content (AvgIpc) is 3.23. The Hall–Kier alpha value is -0.700. The Labute approximate surface area is 230 Å². The molecule has 4 aliphatic carbocycles. The third kappa shape index (κ3) is 5.13. The van der Waals surface area contributed by atoms with Crippen LogP contribution in [0.4, 0.5) is 0 Å². The monoisotopic (exact) mass is 536 g/mol. The molecule has 11 atom stereocenters. The molecule has 4 saturated carbocycles. The number of carbonyl (C=O) groups is 1. The lowest BCUT2D eigenvalue weighted by molar-refractivity contribution is -0.203. The first-order valence-corrected chi connectivity index (χ1v) is 14.8. The lowest BCUT2D eigenvalue weighted by Crippen LogP contribution is -2.62. The molecule has 4 aliphatic rings. The molecule has 1 amide bonds. The number of nitrogens with one attached hydrogen (secondary N) is 1. The summed E-state index contributed by atoms with van der Waals surface area (Å²) in [7, 11) is -5.46. The van der Waals surface area contributed by atoms with Crippen molar-refractivity contribution in [1.82, 2.24) is 5.32 Å². The lowest BCUT2D eigenvalue weighted by Gasteiger charge is -2.64. The number of hydrogen-bond donors (Lipinski definition) is 4. The van der Waals surface area contributed by atoms with Crippen LogP contribution in [0.1, 0.15) is 104 Å². The zero-order chi connectivity index (χ0) is 34.6. The first-order valence-electron chi connectivity index (χ1n) is 17.8. The molecular formula is C28H49NO6S. The van der Waals surface area contributed by atoms with Crippen molar-refractivity contribution in [2.45, 2.75) is 104 Å². The summed E-state index contributed by atoms with van der Waals surface area (Å²) >= 11 is 0. The molecule has 208 valence electrons. The van der Waals surface area contributed by atoms with Gasteiger partial charge in [-0.2, -0.15) is 8.42 Å². The van der Waals surface area contributed by atoms with Crippen LogP contribution in [0.3, 0.4) is 0 Å². The summed E-state index contributed by atoms with van der Waals surface area (Å²) in [5, 5.41) is 24.7. The van der Waals surface area contributed by atoms with Gasteiger partial charge in [-0.1, -0.05) is 34.1 Å². The largest absolute Gasteiger partial charge is 0.393 e. The van der Waals surface area contributed by atoms with Gasteiger partial charge in [-0.25, -0.2) is 0 Å². The molecule has 0 radical (unpaired) electrons. The highest BCUT2D eigenvalue weighted by Gasteiger charge is 2.64. The van der Waals surface area contributed by atoms with Gasteiger partial charge in [0.15, 0.2) is 0 Å². The summed E-state index contributed by atoms with van der Waals surface area (Å²) in [5.41, 5.74) is -4.92. The molecule has 0 aliphatic heterocycles. The molecule has 0 aromatic heterocycles. The van der Waals surface area contributed by atoms with Gasteiger partial charge < -0.3 is 15.5 Å². The van der Waals surface area contributed by atoms with Crippen molar-refractivity contribution in [2.24, 2.45) is 52.3 Å². The fraction of sp³-hybridized carbons (Fsp3) is 0.964. The van der Waals surface area contributed by atoms with Crippen LogP contribution in [0, 0.1) is 52.3 Å². The second-order valence-corrected chi connectivity index (χ2v) is 13.3. The normalized spacial score (nSPS) is 54.6. The Morgan fingerprint density at radius 2 is 1.86 bits per heavy atom. The van der Waals surface area contributed by atoms with E-state index < -0.39 is 70.4 Å². The van der Waals surface area contributed by atoms with E-state index in [4.69, 9.17) is 16.9 Å². The minimum atomic E-state index is -5.46. The molecule has 0 aromatic rings. The molecule has 4 N–H and O–H groups in total. The average molecular weight is 537 g/mol. The zero-order valence-electron chi connectivity index (χ0n) is 30.8. The Bertz CT molecular complexity index is 1280. The molecule has 4 fully saturated rings. The third-order valence-electron chi connectivity index (χ3n) is 10.5. The number of carbonyl (C=O) groups excluding carboxylic acids is 1. The molecule has 0 aromatic carbocycles. The number of hydrogen-bond acceptors (Lipinski definition) is 5. The smallest absolute Gasteiger partial charge is 0.266 e. The van der Waals surface area contributed by atoms with E-state index in [1.54, 1.807) is 5.32 Å². The summed E-state index contributed by atoms with van der Waals surface area (Å²) < 4.78 is 106. The number of aliphatic hydroxyl groups is 2. The van der Waals surface area contributed by atoms with Crippen molar-refractivity contribution in [3.63, 3.8) is 0 Å². The maximum Gasteiger partial charge on any atom is 0.266 e. The van der Waals surface area contributed by atoms with Gasteiger partial charge in [0.25, 0.3) is 10.1 Å². The van der Waals surface area contributed by atoms with Crippen molar-refractivity contribution in [3.05, 3.63) is 0 Å². The second kappa shape index (κ2) is 10.5. The van der Waals surface area contributed by atoms with Gasteiger partial charge in [0.05, 0.1) is 22.0 Å². The van der Waals surface area contributed by atoms with E-state index >= 15 is 0 Å². The standard InChI is InChI=1S/C28H49NO6S/c1-5-19-23-16-18(30)10-12-28(23,4)22-11-13-27(3)20(7-8-21(27)25(22)26(19)32)17(2)6-9-24(31)29-14-15-36(33,34)35/h17-23,25-26,30,32H,5-16H2,1-4H3,(H,29,31)(H,33,34,35)/t17-,18+,19-,20-,21?,22?,23+,25?,26?,27-,28-/m1/s1/i10D2,14D2,15D2,16D2,18D. The third-order valence-corrected chi connectivity index (χ3v) is 10.9. The van der Waals surface area contributed by atoms with Crippen molar-refractivity contribution < 1.29 is 40.3 Å². The second-order valence-electron chi connectivity index (χ2n) is 12.2. The highest BCUT2D eigenvalue weighted by atomic mass is 32.2. The zero-order valence-corrected chi connectivity index (χ0v) is 22.6. The minimum absolute atomic E-state index is 0.0315. The lowest BCUT2D eigenvalue weighted by atomic mass is 9.41. The quantitative estimate of drug-likeness (QED) is 0.347. The van der Waals surface area contributed by atoms with Crippen LogP contribution in [0.15, 0.2) is 0 Å². The molecule has 0 bridgehead atoms. The minimum Gasteiger partial charge on any atom is -0.393 e. The summed E-state index contributed by atoms with van der Waals surface area (Å²) in [5.74, 6) is -2.76. The number of fused-ring (bicyclic) bond motifs is 5. The molecule has 7 nitrogen and oxygen atoms in total. The van der Waals surface area contributed by atoms with E-state index in [-0.39, 0.29) is 47.8 Å². The maximum atomic E-state index is 12.6. The van der Waals surface area contributed by atoms with Crippen molar-refractivity contribution in [2.75, 3.05) is 12.2 Å². The first kappa shape index (κ1) is 18.6. The summed E-state index contributed by atoms with van der Waals surface area (Å²) in [6.07, 6.45) is -5.76. The van der Waals surface area contributed by atoms with Crippen LogP contribution in [0.2, 0.25) is 0 Å². The maximum absolute atomic E-state index is 12.6. The van der Waals surface area contributed by atoms with Crippen molar-refractivity contribution in [1.29, 1.82) is 0 Å². The van der Waals surface area contributed by atoms with Gasteiger partial charge >= 0.3 is 0 Å². The van der Waals surface area contributed by atoms with E-state index in [1.807, 2.05) is 20.8 Å². The molecule has 36 heavy (non-hydrogen) atoms. The molecule has 8 heteroatoms. The molecule has 4 unspecified atom stereocenters. The van der Waals surface area contributed by atoms with Gasteiger partial charge in [-0.3, -0.25) is 9.35 Å². The van der Waals surface area contributed by atoms with Crippen LogP contribution < -0.4 is 5.32 Å². The van der Waals surface area contributed by atoms with Crippen LogP contribution in [-0.4, -0.2) is 53.5 Å². The number of aliphatic hydroxyl groups excluding tert-OH is 1. The summed E-state index contributed by atoms with van der Waals surface area (Å²) in [6, 6.07) is 0. The predicted molar refractivity (Wildman–Crippen MR) is 140 cm³/mol. The van der Waals surface area contributed by atoms with Gasteiger partial charge in [0.1, 0.15) is 0 Å². The Balaban J connectivity index is 1.55. The van der Waals surface area contributed by atoms with Crippen LogP contribution >= 0.6 is 0 Å².